The van der Waals surface area contributed by atoms with Gasteiger partial charge >= 0.3 is 0 Å². The summed E-state index contributed by atoms with van der Waals surface area (Å²) < 4.78 is 1.96. The van der Waals surface area contributed by atoms with Gasteiger partial charge in [-0.1, -0.05) is 20.8 Å². The van der Waals surface area contributed by atoms with E-state index < -0.39 is 0 Å². The average Bonchev–Trinajstić information content (AvgIpc) is 2.58. The van der Waals surface area contributed by atoms with Gasteiger partial charge in [0.25, 0.3) is 0 Å². The summed E-state index contributed by atoms with van der Waals surface area (Å²) in [6.07, 6.45) is 1.05. The van der Waals surface area contributed by atoms with Crippen molar-refractivity contribution in [2.45, 2.75) is 45.7 Å². The van der Waals surface area contributed by atoms with Crippen LogP contribution in [0.15, 0.2) is 0 Å². The number of aromatic nitrogens is 2. The second-order valence-corrected chi connectivity index (χ2v) is 5.40. The molecular weight excluding hydrogens is 202 g/mol. The van der Waals surface area contributed by atoms with Gasteiger partial charge in [0.15, 0.2) is 0 Å². The number of rotatable bonds is 2. The molecule has 1 aliphatic heterocycles. The lowest BCUT2D eigenvalue weighted by atomic mass is 9.87. The molecule has 0 bridgehead atoms. The molecule has 1 aliphatic rings. The molecule has 1 aromatic rings. The third-order valence-electron chi connectivity index (χ3n) is 3.03. The maximum absolute atomic E-state index is 9.05. The summed E-state index contributed by atoms with van der Waals surface area (Å²) in [6.45, 7) is 9.24. The van der Waals surface area contributed by atoms with Crippen molar-refractivity contribution in [3.8, 4) is 0 Å². The fraction of sp³-hybridized carbons (Fsp3) is 0.750. The van der Waals surface area contributed by atoms with Crippen LogP contribution in [-0.4, -0.2) is 28.0 Å². The van der Waals surface area contributed by atoms with Gasteiger partial charge in [-0.2, -0.15) is 5.10 Å². The fourth-order valence-corrected chi connectivity index (χ4v) is 2.30. The molecule has 0 atom stereocenters. The van der Waals surface area contributed by atoms with E-state index in [2.05, 4.69) is 31.2 Å². The minimum Gasteiger partial charge on any atom is -0.394 e. The summed E-state index contributed by atoms with van der Waals surface area (Å²) in [5.74, 6) is 0. The van der Waals surface area contributed by atoms with Crippen LogP contribution in [0.25, 0.3) is 0 Å². The molecular formula is C12H21N3O. The molecule has 16 heavy (non-hydrogen) atoms. The predicted molar refractivity (Wildman–Crippen MR) is 63.4 cm³/mol. The van der Waals surface area contributed by atoms with Crippen LogP contribution in [0.5, 0.6) is 0 Å². The maximum Gasteiger partial charge on any atom is 0.0713 e. The molecule has 2 rings (SSSR count). The van der Waals surface area contributed by atoms with E-state index in [1.54, 1.807) is 0 Å². The molecule has 2 heterocycles. The Labute approximate surface area is 96.7 Å². The highest BCUT2D eigenvalue weighted by Crippen LogP contribution is 2.28. The second-order valence-electron chi connectivity index (χ2n) is 5.40. The van der Waals surface area contributed by atoms with Crippen LogP contribution in [-0.2, 0) is 24.9 Å². The molecule has 0 spiro atoms. The van der Waals surface area contributed by atoms with E-state index in [0.29, 0.717) is 6.54 Å². The van der Waals surface area contributed by atoms with Gasteiger partial charge in [0.2, 0.25) is 0 Å². The Morgan fingerprint density at radius 2 is 2.19 bits per heavy atom. The van der Waals surface area contributed by atoms with Gasteiger partial charge in [0, 0.05) is 12.0 Å². The van der Waals surface area contributed by atoms with Crippen LogP contribution in [0.3, 0.4) is 0 Å². The van der Waals surface area contributed by atoms with Crippen molar-refractivity contribution in [1.29, 1.82) is 0 Å². The van der Waals surface area contributed by atoms with Crippen molar-refractivity contribution in [3.63, 3.8) is 0 Å². The Balaban J connectivity index is 2.46. The summed E-state index contributed by atoms with van der Waals surface area (Å²) >= 11 is 0. The number of fused-ring (bicyclic) bond motifs is 1. The highest BCUT2D eigenvalue weighted by molar-refractivity contribution is 5.33. The Morgan fingerprint density at radius 1 is 1.44 bits per heavy atom. The molecule has 1 aromatic heterocycles. The van der Waals surface area contributed by atoms with Crippen LogP contribution in [0.2, 0.25) is 0 Å². The summed E-state index contributed by atoms with van der Waals surface area (Å²) in [7, 11) is 0. The van der Waals surface area contributed by atoms with Gasteiger partial charge < -0.3 is 10.4 Å². The monoisotopic (exact) mass is 223 g/mol. The third-order valence-corrected chi connectivity index (χ3v) is 3.03. The fourth-order valence-electron chi connectivity index (χ4n) is 2.30. The molecule has 0 aromatic carbocycles. The predicted octanol–water partition coefficient (Wildman–Crippen LogP) is 0.819. The van der Waals surface area contributed by atoms with Gasteiger partial charge in [0.1, 0.15) is 0 Å². The first kappa shape index (κ1) is 11.6. The van der Waals surface area contributed by atoms with Crippen molar-refractivity contribution in [3.05, 3.63) is 17.0 Å². The zero-order valence-electron chi connectivity index (χ0n) is 10.4. The van der Waals surface area contributed by atoms with Gasteiger partial charge in [-0.3, -0.25) is 4.68 Å². The molecule has 2 N–H and O–H groups in total. The Hall–Kier alpha value is -0.870. The molecule has 0 unspecified atom stereocenters. The van der Waals surface area contributed by atoms with Crippen molar-refractivity contribution >= 4 is 0 Å². The number of aliphatic hydroxyl groups excluding tert-OH is 1. The van der Waals surface area contributed by atoms with Gasteiger partial charge in [0.05, 0.1) is 24.5 Å². The molecule has 0 aliphatic carbocycles. The second kappa shape index (κ2) is 4.18. The van der Waals surface area contributed by atoms with Crippen molar-refractivity contribution < 1.29 is 5.11 Å². The lowest BCUT2D eigenvalue weighted by molar-refractivity contribution is 0.265. The molecule has 0 fully saturated rings. The minimum absolute atomic E-state index is 0.0854. The minimum atomic E-state index is 0.0854. The number of nitrogens with zero attached hydrogens (tertiary/aromatic N) is 2. The van der Waals surface area contributed by atoms with Gasteiger partial charge in [-0.15, -0.1) is 0 Å². The van der Waals surface area contributed by atoms with Crippen LogP contribution >= 0.6 is 0 Å². The standard InChI is InChI=1S/C12H21N3O/c1-12(2,3)11-9-4-5-13-8-10(9)15(14-11)6-7-16/h13,16H,4-8H2,1-3H3. The van der Waals surface area contributed by atoms with Crippen LogP contribution in [0.1, 0.15) is 37.7 Å². The summed E-state index contributed by atoms with van der Waals surface area (Å²) in [6, 6.07) is 0. The lowest BCUT2D eigenvalue weighted by Crippen LogP contribution is -2.26. The lowest BCUT2D eigenvalue weighted by Gasteiger charge is -2.20. The van der Waals surface area contributed by atoms with E-state index in [9.17, 15) is 0 Å². The van der Waals surface area contributed by atoms with E-state index in [-0.39, 0.29) is 12.0 Å². The smallest absolute Gasteiger partial charge is 0.0713 e. The van der Waals surface area contributed by atoms with Crippen LogP contribution < -0.4 is 5.32 Å². The largest absolute Gasteiger partial charge is 0.394 e. The van der Waals surface area contributed by atoms with E-state index in [0.717, 1.165) is 19.5 Å². The summed E-state index contributed by atoms with van der Waals surface area (Å²) in [5, 5.41) is 17.1. The normalized spacial score (nSPS) is 16.2. The van der Waals surface area contributed by atoms with E-state index in [1.165, 1.54) is 17.0 Å². The highest BCUT2D eigenvalue weighted by Gasteiger charge is 2.27. The van der Waals surface area contributed by atoms with Crippen LogP contribution in [0.4, 0.5) is 0 Å². The first-order chi connectivity index (χ1) is 7.54. The SMILES string of the molecule is CC(C)(C)c1nn(CCO)c2c1CCNC2. The van der Waals surface area contributed by atoms with Gasteiger partial charge in [-0.05, 0) is 18.5 Å². The summed E-state index contributed by atoms with van der Waals surface area (Å²) in [4.78, 5) is 0. The molecule has 0 amide bonds. The third kappa shape index (κ3) is 1.99. The van der Waals surface area contributed by atoms with Gasteiger partial charge in [-0.25, -0.2) is 0 Å². The van der Waals surface area contributed by atoms with Crippen molar-refractivity contribution in [2.24, 2.45) is 0 Å². The summed E-state index contributed by atoms with van der Waals surface area (Å²) in [5.41, 5.74) is 3.92. The number of nitrogens with one attached hydrogen (secondary N) is 1. The molecule has 0 saturated carbocycles. The van der Waals surface area contributed by atoms with E-state index in [1.807, 2.05) is 4.68 Å². The Morgan fingerprint density at radius 3 is 2.81 bits per heavy atom. The van der Waals surface area contributed by atoms with E-state index >= 15 is 0 Å². The molecule has 0 radical (unpaired) electrons. The highest BCUT2D eigenvalue weighted by atomic mass is 16.3. The Bertz CT molecular complexity index is 376. The zero-order valence-corrected chi connectivity index (χ0v) is 10.4. The molecule has 4 heteroatoms. The van der Waals surface area contributed by atoms with Crippen LogP contribution in [0, 0.1) is 0 Å². The quantitative estimate of drug-likeness (QED) is 0.780. The first-order valence-corrected chi connectivity index (χ1v) is 5.94. The number of aliphatic hydroxyl groups is 1. The topological polar surface area (TPSA) is 50.1 Å². The van der Waals surface area contributed by atoms with Crippen molar-refractivity contribution in [1.82, 2.24) is 15.1 Å². The molecule has 0 saturated heterocycles. The average molecular weight is 223 g/mol. The number of hydrogen-bond acceptors (Lipinski definition) is 3. The maximum atomic E-state index is 9.05. The van der Waals surface area contributed by atoms with E-state index in [4.69, 9.17) is 5.11 Å². The molecule has 90 valence electrons. The Kier molecular flexibility index (Phi) is 3.04. The number of hydrogen-bond donors (Lipinski definition) is 2. The van der Waals surface area contributed by atoms with Crippen molar-refractivity contribution in [2.75, 3.05) is 13.2 Å². The first-order valence-electron chi connectivity index (χ1n) is 5.94. The molecule has 4 nitrogen and oxygen atoms in total. The zero-order chi connectivity index (χ0) is 11.8.